The Labute approximate surface area is 121 Å². The number of hydrogen-bond donors (Lipinski definition) is 2. The number of carboxylic acids is 1. The fourth-order valence-electron chi connectivity index (χ4n) is 1.95. The zero-order valence-electron chi connectivity index (χ0n) is 10.7. The van der Waals surface area contributed by atoms with Gasteiger partial charge in [-0.3, -0.25) is 4.79 Å². The molecule has 0 radical (unpaired) electrons. The maximum atomic E-state index is 11.0. The third kappa shape index (κ3) is 3.67. The van der Waals surface area contributed by atoms with Gasteiger partial charge in [0.05, 0.1) is 24.1 Å². The van der Waals surface area contributed by atoms with Crippen LogP contribution in [0.15, 0.2) is 41.8 Å². The molecule has 0 amide bonds. The molecule has 2 rings (SSSR count). The Kier molecular flexibility index (Phi) is 4.88. The molecular formula is C15H14N2O2S. The minimum absolute atomic E-state index is 0.0230. The van der Waals surface area contributed by atoms with E-state index < -0.39 is 5.97 Å². The highest BCUT2D eigenvalue weighted by atomic mass is 32.1. The lowest BCUT2D eigenvalue weighted by atomic mass is 10.1. The Hall–Kier alpha value is -2.16. The summed E-state index contributed by atoms with van der Waals surface area (Å²) in [6.07, 6.45) is 0.0230. The number of hydrogen-bond acceptors (Lipinski definition) is 4. The van der Waals surface area contributed by atoms with Crippen LogP contribution in [0.5, 0.6) is 0 Å². The van der Waals surface area contributed by atoms with Gasteiger partial charge in [-0.1, -0.05) is 24.3 Å². The van der Waals surface area contributed by atoms with E-state index in [4.69, 9.17) is 10.4 Å². The average molecular weight is 286 g/mol. The van der Waals surface area contributed by atoms with Crippen LogP contribution in [-0.2, 0) is 11.3 Å². The normalized spacial score (nSPS) is 11.8. The van der Waals surface area contributed by atoms with Crippen molar-refractivity contribution in [3.05, 3.63) is 57.8 Å². The fourth-order valence-corrected chi connectivity index (χ4v) is 2.76. The smallest absolute Gasteiger partial charge is 0.305 e. The zero-order valence-corrected chi connectivity index (χ0v) is 11.6. The summed E-state index contributed by atoms with van der Waals surface area (Å²) in [4.78, 5) is 11.9. The predicted molar refractivity (Wildman–Crippen MR) is 77.3 cm³/mol. The molecule has 0 aliphatic rings. The Morgan fingerprint density at radius 1 is 1.35 bits per heavy atom. The SMILES string of the molecule is N#Cc1ccccc1CNC(CC(=O)O)c1cccs1. The molecule has 2 N–H and O–H groups in total. The van der Waals surface area contributed by atoms with E-state index in [-0.39, 0.29) is 12.5 Å². The van der Waals surface area contributed by atoms with Crippen LogP contribution >= 0.6 is 11.3 Å². The first kappa shape index (κ1) is 14.3. The molecule has 0 fully saturated rings. The summed E-state index contributed by atoms with van der Waals surface area (Å²) >= 11 is 1.53. The minimum Gasteiger partial charge on any atom is -0.481 e. The summed E-state index contributed by atoms with van der Waals surface area (Å²) in [6.45, 7) is 0.472. The summed E-state index contributed by atoms with van der Waals surface area (Å²) in [6, 6.07) is 13.0. The predicted octanol–water partition coefficient (Wildman–Crippen LogP) is 2.93. The molecule has 2 aromatic rings. The molecule has 1 unspecified atom stereocenters. The second kappa shape index (κ2) is 6.85. The number of aliphatic carboxylic acids is 1. The van der Waals surface area contributed by atoms with Gasteiger partial charge in [0.15, 0.2) is 0 Å². The highest BCUT2D eigenvalue weighted by molar-refractivity contribution is 7.10. The summed E-state index contributed by atoms with van der Waals surface area (Å²) in [5.41, 5.74) is 1.49. The third-order valence-electron chi connectivity index (χ3n) is 2.94. The number of thiophene rings is 1. The molecule has 0 aliphatic carbocycles. The molecule has 0 aliphatic heterocycles. The third-order valence-corrected chi connectivity index (χ3v) is 3.93. The van der Waals surface area contributed by atoms with Crippen LogP contribution in [0.3, 0.4) is 0 Å². The van der Waals surface area contributed by atoms with Crippen molar-refractivity contribution in [3.63, 3.8) is 0 Å². The van der Waals surface area contributed by atoms with Crippen molar-refractivity contribution < 1.29 is 9.90 Å². The lowest BCUT2D eigenvalue weighted by Crippen LogP contribution is -2.23. The van der Waals surface area contributed by atoms with Crippen molar-refractivity contribution >= 4 is 17.3 Å². The molecule has 1 aromatic heterocycles. The molecular weight excluding hydrogens is 272 g/mol. The van der Waals surface area contributed by atoms with E-state index in [1.807, 2.05) is 35.7 Å². The van der Waals surface area contributed by atoms with Crippen LogP contribution in [0.1, 0.15) is 28.5 Å². The van der Waals surface area contributed by atoms with Crippen LogP contribution in [0, 0.1) is 11.3 Å². The second-order valence-electron chi connectivity index (χ2n) is 4.32. The molecule has 0 bridgehead atoms. The van der Waals surface area contributed by atoms with E-state index in [0.29, 0.717) is 12.1 Å². The van der Waals surface area contributed by atoms with Gasteiger partial charge in [-0.2, -0.15) is 5.26 Å². The summed E-state index contributed by atoms with van der Waals surface area (Å²) in [5.74, 6) is -0.843. The highest BCUT2D eigenvalue weighted by Crippen LogP contribution is 2.22. The number of nitrogens with one attached hydrogen (secondary N) is 1. The van der Waals surface area contributed by atoms with Crippen LogP contribution < -0.4 is 5.32 Å². The number of rotatable bonds is 6. The number of carbonyl (C=O) groups is 1. The molecule has 4 nitrogen and oxygen atoms in total. The van der Waals surface area contributed by atoms with Gasteiger partial charge in [0.25, 0.3) is 0 Å². The number of benzene rings is 1. The maximum absolute atomic E-state index is 11.0. The van der Waals surface area contributed by atoms with Crippen molar-refractivity contribution in [2.24, 2.45) is 0 Å². The highest BCUT2D eigenvalue weighted by Gasteiger charge is 2.16. The topological polar surface area (TPSA) is 73.1 Å². The average Bonchev–Trinajstić information content (AvgIpc) is 2.97. The molecule has 0 saturated carbocycles. The van der Waals surface area contributed by atoms with Crippen molar-refractivity contribution in [2.45, 2.75) is 19.0 Å². The molecule has 1 atom stereocenters. The second-order valence-corrected chi connectivity index (χ2v) is 5.29. The van der Waals surface area contributed by atoms with Gasteiger partial charge in [0.1, 0.15) is 0 Å². The first-order valence-electron chi connectivity index (χ1n) is 6.17. The Morgan fingerprint density at radius 2 is 2.15 bits per heavy atom. The lowest BCUT2D eigenvalue weighted by molar-refractivity contribution is -0.137. The zero-order chi connectivity index (χ0) is 14.4. The largest absolute Gasteiger partial charge is 0.481 e. The number of carboxylic acid groups (broad SMARTS) is 1. The van der Waals surface area contributed by atoms with E-state index in [9.17, 15) is 4.79 Å². The van der Waals surface area contributed by atoms with E-state index in [1.54, 1.807) is 6.07 Å². The monoisotopic (exact) mass is 286 g/mol. The van der Waals surface area contributed by atoms with E-state index in [2.05, 4.69) is 11.4 Å². The van der Waals surface area contributed by atoms with Gasteiger partial charge >= 0.3 is 5.97 Å². The van der Waals surface area contributed by atoms with Crippen LogP contribution in [0.4, 0.5) is 0 Å². The Morgan fingerprint density at radius 3 is 2.80 bits per heavy atom. The molecule has 102 valence electrons. The molecule has 5 heteroatoms. The summed E-state index contributed by atoms with van der Waals surface area (Å²) in [7, 11) is 0. The first-order chi connectivity index (χ1) is 9.70. The molecule has 1 aromatic carbocycles. The van der Waals surface area contributed by atoms with Crippen LogP contribution in [0.2, 0.25) is 0 Å². The van der Waals surface area contributed by atoms with Crippen molar-refractivity contribution in [1.82, 2.24) is 5.32 Å². The minimum atomic E-state index is -0.843. The molecule has 0 spiro atoms. The van der Waals surface area contributed by atoms with E-state index >= 15 is 0 Å². The Bertz CT molecular complexity index is 617. The van der Waals surface area contributed by atoms with Crippen LogP contribution in [-0.4, -0.2) is 11.1 Å². The lowest BCUT2D eigenvalue weighted by Gasteiger charge is -2.16. The number of nitriles is 1. The van der Waals surface area contributed by atoms with Gasteiger partial charge in [0, 0.05) is 11.4 Å². The van der Waals surface area contributed by atoms with Crippen LogP contribution in [0.25, 0.3) is 0 Å². The fraction of sp³-hybridized carbons (Fsp3) is 0.200. The quantitative estimate of drug-likeness (QED) is 0.856. The Balaban J connectivity index is 2.09. The van der Waals surface area contributed by atoms with Crippen molar-refractivity contribution in [2.75, 3.05) is 0 Å². The van der Waals surface area contributed by atoms with E-state index in [1.165, 1.54) is 11.3 Å². The van der Waals surface area contributed by atoms with Gasteiger partial charge in [-0.05, 0) is 23.1 Å². The molecule has 1 heterocycles. The standard InChI is InChI=1S/C15H14N2O2S/c16-9-11-4-1-2-5-12(11)10-17-13(8-15(18)19)14-6-3-7-20-14/h1-7,13,17H,8,10H2,(H,18,19). The van der Waals surface area contributed by atoms with Gasteiger partial charge in [-0.25, -0.2) is 0 Å². The van der Waals surface area contributed by atoms with Gasteiger partial charge in [0.2, 0.25) is 0 Å². The summed E-state index contributed by atoms with van der Waals surface area (Å²) in [5, 5.41) is 23.2. The van der Waals surface area contributed by atoms with Crippen molar-refractivity contribution in [1.29, 1.82) is 5.26 Å². The maximum Gasteiger partial charge on any atom is 0.305 e. The van der Waals surface area contributed by atoms with Gasteiger partial charge in [-0.15, -0.1) is 11.3 Å². The van der Waals surface area contributed by atoms with Crippen molar-refractivity contribution in [3.8, 4) is 6.07 Å². The van der Waals surface area contributed by atoms with Gasteiger partial charge < -0.3 is 10.4 Å². The first-order valence-corrected chi connectivity index (χ1v) is 7.05. The van der Waals surface area contributed by atoms with E-state index in [0.717, 1.165) is 10.4 Å². The number of nitrogens with zero attached hydrogens (tertiary/aromatic N) is 1. The molecule has 0 saturated heterocycles. The summed E-state index contributed by atoms with van der Waals surface area (Å²) < 4.78 is 0. The molecule has 20 heavy (non-hydrogen) atoms.